The molecule has 1 saturated heterocycles. The SMILES string of the molecule is Cc1cn(CCCN2CCOCC2)c(SCC(=O)O)n1. The molecule has 1 aliphatic rings. The van der Waals surface area contributed by atoms with Crippen molar-refractivity contribution in [1.29, 1.82) is 0 Å². The summed E-state index contributed by atoms with van der Waals surface area (Å²) in [6.07, 6.45) is 3.03. The molecule has 1 aromatic rings. The number of aliphatic carboxylic acids is 1. The molecule has 7 heteroatoms. The average molecular weight is 299 g/mol. The van der Waals surface area contributed by atoms with Crippen LogP contribution in [-0.4, -0.2) is 64.1 Å². The van der Waals surface area contributed by atoms with Crippen LogP contribution in [0.3, 0.4) is 0 Å². The highest BCUT2D eigenvalue weighted by Gasteiger charge is 2.11. The highest BCUT2D eigenvalue weighted by Crippen LogP contribution is 2.18. The van der Waals surface area contributed by atoms with E-state index in [9.17, 15) is 4.79 Å². The number of carboxylic acid groups (broad SMARTS) is 1. The summed E-state index contributed by atoms with van der Waals surface area (Å²) in [5, 5.41) is 9.54. The molecule has 1 aromatic heterocycles. The molecule has 0 saturated carbocycles. The molecule has 0 atom stereocenters. The second kappa shape index (κ2) is 7.66. The van der Waals surface area contributed by atoms with Crippen LogP contribution in [0.25, 0.3) is 0 Å². The van der Waals surface area contributed by atoms with Crippen LogP contribution in [0.4, 0.5) is 0 Å². The molecule has 2 rings (SSSR count). The summed E-state index contributed by atoms with van der Waals surface area (Å²) in [4.78, 5) is 17.4. The highest BCUT2D eigenvalue weighted by atomic mass is 32.2. The van der Waals surface area contributed by atoms with Gasteiger partial charge in [0, 0.05) is 32.4 Å². The van der Waals surface area contributed by atoms with Gasteiger partial charge in [0.1, 0.15) is 0 Å². The van der Waals surface area contributed by atoms with Crippen LogP contribution < -0.4 is 0 Å². The molecule has 0 unspecified atom stereocenters. The first kappa shape index (κ1) is 15.3. The van der Waals surface area contributed by atoms with Crippen molar-refractivity contribution in [3.8, 4) is 0 Å². The maximum atomic E-state index is 10.6. The van der Waals surface area contributed by atoms with E-state index in [1.54, 1.807) is 0 Å². The van der Waals surface area contributed by atoms with Gasteiger partial charge in [0.15, 0.2) is 5.16 Å². The molecule has 112 valence electrons. The minimum atomic E-state index is -0.810. The number of rotatable bonds is 7. The molecular weight excluding hydrogens is 278 g/mol. The third-order valence-electron chi connectivity index (χ3n) is 3.16. The van der Waals surface area contributed by atoms with Crippen LogP contribution in [0.15, 0.2) is 11.4 Å². The van der Waals surface area contributed by atoms with Crippen molar-refractivity contribution in [1.82, 2.24) is 14.5 Å². The lowest BCUT2D eigenvalue weighted by Gasteiger charge is -2.26. The maximum absolute atomic E-state index is 10.6. The van der Waals surface area contributed by atoms with Gasteiger partial charge in [-0.2, -0.15) is 0 Å². The monoisotopic (exact) mass is 299 g/mol. The number of nitrogens with zero attached hydrogens (tertiary/aromatic N) is 3. The third kappa shape index (κ3) is 4.81. The number of hydrogen-bond acceptors (Lipinski definition) is 5. The molecule has 6 nitrogen and oxygen atoms in total. The lowest BCUT2D eigenvalue weighted by molar-refractivity contribution is -0.133. The van der Waals surface area contributed by atoms with Crippen molar-refractivity contribution in [2.24, 2.45) is 0 Å². The van der Waals surface area contributed by atoms with Gasteiger partial charge in [0.05, 0.1) is 24.7 Å². The zero-order chi connectivity index (χ0) is 14.4. The van der Waals surface area contributed by atoms with E-state index in [1.165, 1.54) is 11.8 Å². The maximum Gasteiger partial charge on any atom is 0.313 e. The Bertz CT molecular complexity index is 444. The Balaban J connectivity index is 1.80. The molecule has 0 spiro atoms. The number of aryl methyl sites for hydroxylation is 2. The van der Waals surface area contributed by atoms with E-state index in [2.05, 4.69) is 14.5 Å². The first-order valence-electron chi connectivity index (χ1n) is 6.83. The molecule has 1 fully saturated rings. The van der Waals surface area contributed by atoms with Crippen LogP contribution in [0.2, 0.25) is 0 Å². The Morgan fingerprint density at radius 1 is 1.45 bits per heavy atom. The number of carbonyl (C=O) groups is 1. The van der Waals surface area contributed by atoms with Crippen LogP contribution >= 0.6 is 11.8 Å². The van der Waals surface area contributed by atoms with E-state index in [4.69, 9.17) is 9.84 Å². The Morgan fingerprint density at radius 3 is 2.90 bits per heavy atom. The minimum absolute atomic E-state index is 0.0555. The summed E-state index contributed by atoms with van der Waals surface area (Å²) in [7, 11) is 0. The van der Waals surface area contributed by atoms with Gasteiger partial charge in [-0.05, 0) is 13.3 Å². The summed E-state index contributed by atoms with van der Waals surface area (Å²) < 4.78 is 7.38. The van der Waals surface area contributed by atoms with Gasteiger partial charge in [0.2, 0.25) is 0 Å². The van der Waals surface area contributed by atoms with Crippen LogP contribution in [-0.2, 0) is 16.1 Å². The molecule has 0 radical (unpaired) electrons. The third-order valence-corrected chi connectivity index (χ3v) is 4.14. The van der Waals surface area contributed by atoms with Crippen molar-refractivity contribution >= 4 is 17.7 Å². The van der Waals surface area contributed by atoms with E-state index in [0.717, 1.165) is 56.7 Å². The summed E-state index contributed by atoms with van der Waals surface area (Å²) in [6, 6.07) is 0. The van der Waals surface area contributed by atoms with E-state index in [0.29, 0.717) is 0 Å². The van der Waals surface area contributed by atoms with Gasteiger partial charge >= 0.3 is 5.97 Å². The summed E-state index contributed by atoms with van der Waals surface area (Å²) in [5.74, 6) is -0.754. The van der Waals surface area contributed by atoms with E-state index < -0.39 is 5.97 Å². The second-order valence-corrected chi connectivity index (χ2v) is 5.79. The number of aromatic nitrogens is 2. The number of thioether (sulfide) groups is 1. The zero-order valence-corrected chi connectivity index (χ0v) is 12.6. The topological polar surface area (TPSA) is 67.6 Å². The van der Waals surface area contributed by atoms with E-state index in [1.807, 2.05) is 13.1 Å². The summed E-state index contributed by atoms with van der Waals surface area (Å²) in [5.41, 5.74) is 0.935. The predicted octanol–water partition coefficient (Wildman–Crippen LogP) is 1.09. The van der Waals surface area contributed by atoms with Crippen molar-refractivity contribution in [3.63, 3.8) is 0 Å². The highest BCUT2D eigenvalue weighted by molar-refractivity contribution is 7.99. The molecule has 0 aliphatic carbocycles. The van der Waals surface area contributed by atoms with Gasteiger partial charge < -0.3 is 14.4 Å². The van der Waals surface area contributed by atoms with Crippen LogP contribution in [0.5, 0.6) is 0 Å². The Labute approximate surface area is 123 Å². The Kier molecular flexibility index (Phi) is 5.87. The molecule has 1 N–H and O–H groups in total. The average Bonchev–Trinajstić information content (AvgIpc) is 2.78. The fourth-order valence-corrected chi connectivity index (χ4v) is 2.99. The minimum Gasteiger partial charge on any atom is -0.481 e. The fraction of sp³-hybridized carbons (Fsp3) is 0.692. The smallest absolute Gasteiger partial charge is 0.313 e. The van der Waals surface area contributed by atoms with Crippen molar-refractivity contribution < 1.29 is 14.6 Å². The van der Waals surface area contributed by atoms with Crippen LogP contribution in [0, 0.1) is 6.92 Å². The van der Waals surface area contributed by atoms with Gasteiger partial charge in [-0.3, -0.25) is 9.69 Å². The van der Waals surface area contributed by atoms with Crippen molar-refractivity contribution in [2.45, 2.75) is 25.0 Å². The van der Waals surface area contributed by atoms with E-state index >= 15 is 0 Å². The fourth-order valence-electron chi connectivity index (χ4n) is 2.22. The standard InChI is InChI=1S/C13H21N3O3S/c1-11-9-16(13(14-11)20-10-12(17)18)4-2-3-15-5-7-19-8-6-15/h9H,2-8,10H2,1H3,(H,17,18). The number of carboxylic acids is 1. The van der Waals surface area contributed by atoms with E-state index in [-0.39, 0.29) is 5.75 Å². The van der Waals surface area contributed by atoms with Gasteiger partial charge in [-0.25, -0.2) is 4.98 Å². The van der Waals surface area contributed by atoms with Gasteiger partial charge in [0.25, 0.3) is 0 Å². The molecule has 0 amide bonds. The molecular formula is C13H21N3O3S. The quantitative estimate of drug-likeness (QED) is 0.760. The first-order chi connectivity index (χ1) is 9.65. The van der Waals surface area contributed by atoms with Crippen LogP contribution in [0.1, 0.15) is 12.1 Å². The zero-order valence-electron chi connectivity index (χ0n) is 11.7. The molecule has 1 aliphatic heterocycles. The van der Waals surface area contributed by atoms with Crippen molar-refractivity contribution in [2.75, 3.05) is 38.6 Å². The normalized spacial score (nSPS) is 16.4. The lowest BCUT2D eigenvalue weighted by Crippen LogP contribution is -2.37. The number of morpholine rings is 1. The Morgan fingerprint density at radius 2 is 2.20 bits per heavy atom. The predicted molar refractivity (Wildman–Crippen MR) is 77.2 cm³/mol. The molecule has 20 heavy (non-hydrogen) atoms. The second-order valence-electron chi connectivity index (χ2n) is 4.85. The van der Waals surface area contributed by atoms with Gasteiger partial charge in [-0.15, -0.1) is 0 Å². The van der Waals surface area contributed by atoms with Gasteiger partial charge in [-0.1, -0.05) is 11.8 Å². The number of ether oxygens (including phenoxy) is 1. The Hall–Kier alpha value is -1.05. The summed E-state index contributed by atoms with van der Waals surface area (Å²) in [6.45, 7) is 7.51. The number of imidazole rings is 1. The molecule has 0 aromatic carbocycles. The summed E-state index contributed by atoms with van der Waals surface area (Å²) >= 11 is 1.28. The first-order valence-corrected chi connectivity index (χ1v) is 7.82. The molecule has 0 bridgehead atoms. The van der Waals surface area contributed by atoms with Crippen molar-refractivity contribution in [3.05, 3.63) is 11.9 Å². The largest absolute Gasteiger partial charge is 0.481 e. The molecule has 2 heterocycles. The lowest BCUT2D eigenvalue weighted by atomic mass is 10.3. The number of hydrogen-bond donors (Lipinski definition) is 1.